The van der Waals surface area contributed by atoms with Gasteiger partial charge >= 0.3 is 12.1 Å². The molecule has 0 aromatic heterocycles. The van der Waals surface area contributed by atoms with Gasteiger partial charge in [0, 0.05) is 19.6 Å². The number of methoxy groups -OCH3 is 1. The van der Waals surface area contributed by atoms with Gasteiger partial charge in [0.05, 0.1) is 13.2 Å². The Kier molecular flexibility index (Phi) is 3.47. The maximum atomic E-state index is 12.2. The Balaban J connectivity index is 2.15. The zero-order valence-electron chi connectivity index (χ0n) is 12.0. The van der Waals surface area contributed by atoms with Gasteiger partial charge in [0.15, 0.2) is 0 Å². The molecule has 2 unspecified atom stereocenters. The van der Waals surface area contributed by atoms with Crippen LogP contribution in [0.2, 0.25) is 0 Å². The van der Waals surface area contributed by atoms with Gasteiger partial charge in [-0.1, -0.05) is 0 Å². The number of carbonyl (C=O) groups is 2. The quantitative estimate of drug-likeness (QED) is 0.712. The molecule has 2 atom stereocenters. The number of likely N-dealkylation sites (tertiary alicyclic amines) is 1. The average Bonchev–Trinajstić information content (AvgIpc) is 2.83. The first-order valence-corrected chi connectivity index (χ1v) is 6.59. The highest BCUT2D eigenvalue weighted by molar-refractivity contribution is 5.81. The predicted octanol–water partition coefficient (Wildman–Crippen LogP) is 0.758. The lowest BCUT2D eigenvalue weighted by Gasteiger charge is -2.30. The molecular formula is C13H22N2O4. The molecule has 0 spiro atoms. The second kappa shape index (κ2) is 4.67. The van der Waals surface area contributed by atoms with E-state index in [1.165, 1.54) is 7.11 Å². The molecule has 19 heavy (non-hydrogen) atoms. The molecule has 2 aliphatic rings. The van der Waals surface area contributed by atoms with Crippen molar-refractivity contribution in [3.05, 3.63) is 0 Å². The van der Waals surface area contributed by atoms with Gasteiger partial charge in [-0.25, -0.2) is 4.79 Å². The summed E-state index contributed by atoms with van der Waals surface area (Å²) in [4.78, 5) is 25.9. The molecule has 1 N–H and O–H groups in total. The highest BCUT2D eigenvalue weighted by atomic mass is 16.6. The second-order valence-corrected chi connectivity index (χ2v) is 6.22. The minimum absolute atomic E-state index is 0.171. The van der Waals surface area contributed by atoms with Crippen LogP contribution in [0.4, 0.5) is 4.79 Å². The van der Waals surface area contributed by atoms with E-state index < -0.39 is 11.0 Å². The molecule has 1 amide bonds. The Morgan fingerprint density at radius 1 is 1.37 bits per heavy atom. The third-order valence-electron chi connectivity index (χ3n) is 3.81. The van der Waals surface area contributed by atoms with Crippen LogP contribution in [-0.4, -0.2) is 55.3 Å². The van der Waals surface area contributed by atoms with Crippen LogP contribution in [0.25, 0.3) is 0 Å². The zero-order chi connectivity index (χ0) is 14.3. The minimum atomic E-state index is -0.606. The van der Waals surface area contributed by atoms with E-state index in [-0.39, 0.29) is 18.1 Å². The third-order valence-corrected chi connectivity index (χ3v) is 3.81. The van der Waals surface area contributed by atoms with Gasteiger partial charge in [0.1, 0.15) is 11.0 Å². The molecule has 6 nitrogen and oxygen atoms in total. The average molecular weight is 270 g/mol. The maximum Gasteiger partial charge on any atom is 0.410 e. The first-order valence-electron chi connectivity index (χ1n) is 6.59. The smallest absolute Gasteiger partial charge is 0.410 e. The Morgan fingerprint density at radius 3 is 2.63 bits per heavy atom. The zero-order valence-corrected chi connectivity index (χ0v) is 12.0. The van der Waals surface area contributed by atoms with Crippen LogP contribution in [-0.2, 0) is 14.3 Å². The summed E-state index contributed by atoms with van der Waals surface area (Å²) in [5.41, 5.74) is -1.13. The number of nitrogens with one attached hydrogen (secondary N) is 1. The number of nitrogens with zero attached hydrogens (tertiary/aromatic N) is 1. The summed E-state index contributed by atoms with van der Waals surface area (Å²) in [6, 6.07) is -0.171. The standard InChI is InChI=1S/C13H22N2O4/c1-12(2,3)19-11(17)15-6-5-13(10(16)18-4)8-14-7-9(13)15/h9,14H,5-8H2,1-4H3. The summed E-state index contributed by atoms with van der Waals surface area (Å²) >= 11 is 0. The van der Waals surface area contributed by atoms with Gasteiger partial charge in [-0.15, -0.1) is 0 Å². The Hall–Kier alpha value is -1.30. The van der Waals surface area contributed by atoms with Crippen LogP contribution in [0.1, 0.15) is 27.2 Å². The third kappa shape index (κ3) is 2.41. The van der Waals surface area contributed by atoms with Gasteiger partial charge in [-0.2, -0.15) is 0 Å². The lowest BCUT2D eigenvalue weighted by Crippen LogP contribution is -2.47. The normalized spacial score (nSPS) is 30.1. The Morgan fingerprint density at radius 2 is 2.05 bits per heavy atom. The number of esters is 1. The van der Waals surface area contributed by atoms with Crippen molar-refractivity contribution in [3.63, 3.8) is 0 Å². The molecule has 2 fully saturated rings. The molecule has 0 radical (unpaired) electrons. The van der Waals surface area contributed by atoms with Crippen LogP contribution in [0.15, 0.2) is 0 Å². The SMILES string of the molecule is COC(=O)C12CCN(C(=O)OC(C)(C)C)C1CNC2. The number of hydrogen-bond acceptors (Lipinski definition) is 5. The van der Waals surface area contributed by atoms with Crippen LogP contribution in [0.3, 0.4) is 0 Å². The van der Waals surface area contributed by atoms with Gasteiger partial charge < -0.3 is 19.7 Å². The van der Waals surface area contributed by atoms with Crippen molar-refractivity contribution in [2.75, 3.05) is 26.7 Å². The van der Waals surface area contributed by atoms with E-state index >= 15 is 0 Å². The number of ether oxygens (including phenoxy) is 2. The van der Waals surface area contributed by atoms with E-state index in [0.717, 1.165) is 0 Å². The van der Waals surface area contributed by atoms with Crippen molar-refractivity contribution >= 4 is 12.1 Å². The van der Waals surface area contributed by atoms with Gasteiger partial charge in [0.25, 0.3) is 0 Å². The van der Waals surface area contributed by atoms with Crippen molar-refractivity contribution < 1.29 is 19.1 Å². The molecule has 2 saturated heterocycles. The largest absolute Gasteiger partial charge is 0.468 e. The van der Waals surface area contributed by atoms with Crippen LogP contribution >= 0.6 is 0 Å². The highest BCUT2D eigenvalue weighted by Crippen LogP contribution is 2.41. The number of rotatable bonds is 1. The number of hydrogen-bond donors (Lipinski definition) is 1. The van der Waals surface area contributed by atoms with Gasteiger partial charge in [-0.3, -0.25) is 4.79 Å². The van der Waals surface area contributed by atoms with Crippen LogP contribution in [0, 0.1) is 5.41 Å². The summed E-state index contributed by atoms with van der Waals surface area (Å²) in [6.07, 6.45) is 0.267. The summed E-state index contributed by atoms with van der Waals surface area (Å²) < 4.78 is 10.3. The Labute approximate surface area is 113 Å². The number of amides is 1. The van der Waals surface area contributed by atoms with E-state index in [1.807, 2.05) is 20.8 Å². The van der Waals surface area contributed by atoms with Crippen molar-refractivity contribution in [2.45, 2.75) is 38.8 Å². The molecule has 108 valence electrons. The van der Waals surface area contributed by atoms with Crippen molar-refractivity contribution in [1.82, 2.24) is 10.2 Å². The lowest BCUT2D eigenvalue weighted by atomic mass is 9.83. The Bertz CT molecular complexity index is 391. The van der Waals surface area contributed by atoms with E-state index in [0.29, 0.717) is 26.1 Å². The number of carbonyl (C=O) groups excluding carboxylic acids is 2. The number of fused-ring (bicyclic) bond motifs is 1. The lowest BCUT2D eigenvalue weighted by molar-refractivity contribution is -0.152. The molecular weight excluding hydrogens is 248 g/mol. The highest BCUT2D eigenvalue weighted by Gasteiger charge is 2.58. The van der Waals surface area contributed by atoms with Gasteiger partial charge in [-0.05, 0) is 27.2 Å². The molecule has 0 aromatic carbocycles. The first kappa shape index (κ1) is 14.1. The van der Waals surface area contributed by atoms with E-state index in [9.17, 15) is 9.59 Å². The summed E-state index contributed by atoms with van der Waals surface area (Å²) in [6.45, 7) is 7.21. The maximum absolute atomic E-state index is 12.2. The van der Waals surface area contributed by atoms with E-state index in [4.69, 9.17) is 9.47 Å². The molecule has 0 bridgehead atoms. The first-order chi connectivity index (χ1) is 8.80. The summed E-state index contributed by atoms with van der Waals surface area (Å²) in [5, 5.41) is 3.18. The minimum Gasteiger partial charge on any atom is -0.468 e. The fourth-order valence-corrected chi connectivity index (χ4v) is 2.94. The van der Waals surface area contributed by atoms with Crippen molar-refractivity contribution in [3.8, 4) is 0 Å². The summed E-state index contributed by atoms with van der Waals surface area (Å²) in [5.74, 6) is -0.242. The second-order valence-electron chi connectivity index (χ2n) is 6.22. The molecule has 2 rings (SSSR count). The molecule has 2 aliphatic heterocycles. The molecule has 0 aromatic rings. The van der Waals surface area contributed by atoms with Crippen LogP contribution < -0.4 is 5.32 Å². The van der Waals surface area contributed by atoms with Crippen LogP contribution in [0.5, 0.6) is 0 Å². The fourth-order valence-electron chi connectivity index (χ4n) is 2.94. The van der Waals surface area contributed by atoms with E-state index in [1.54, 1.807) is 4.90 Å². The van der Waals surface area contributed by atoms with Gasteiger partial charge in [0.2, 0.25) is 0 Å². The van der Waals surface area contributed by atoms with Crippen molar-refractivity contribution in [1.29, 1.82) is 0 Å². The summed E-state index contributed by atoms with van der Waals surface area (Å²) in [7, 11) is 1.39. The monoisotopic (exact) mass is 270 g/mol. The van der Waals surface area contributed by atoms with Crippen molar-refractivity contribution in [2.24, 2.45) is 5.41 Å². The molecule has 6 heteroatoms. The topological polar surface area (TPSA) is 67.9 Å². The molecule has 0 saturated carbocycles. The fraction of sp³-hybridized carbons (Fsp3) is 0.846. The molecule has 2 heterocycles. The molecule has 0 aliphatic carbocycles. The van der Waals surface area contributed by atoms with E-state index in [2.05, 4.69) is 5.32 Å². The predicted molar refractivity (Wildman–Crippen MR) is 68.7 cm³/mol.